The Hall–Kier alpha value is -0.290. The molecular weight excluding hydrogens is 375 g/mol. The van der Waals surface area contributed by atoms with Crippen LogP contribution in [0.3, 0.4) is 0 Å². The molecule has 1 aliphatic heterocycles. The molecule has 1 amide bonds. The number of rotatable bonds is 2. The lowest BCUT2D eigenvalue weighted by molar-refractivity contribution is -0.117. The highest BCUT2D eigenvalue weighted by Gasteiger charge is 2.38. The molecule has 1 saturated carbocycles. The summed E-state index contributed by atoms with van der Waals surface area (Å²) in [6.45, 7) is 0. The van der Waals surface area contributed by atoms with E-state index in [9.17, 15) is 4.79 Å². The summed E-state index contributed by atoms with van der Waals surface area (Å²) in [5.41, 5.74) is 0.562. The Kier molecular flexibility index (Phi) is 4.79. The van der Waals surface area contributed by atoms with Gasteiger partial charge in [0.15, 0.2) is 0 Å². The number of fused-ring (bicyclic) bond motifs is 1. The molecule has 1 saturated heterocycles. The number of nitrogens with one attached hydrogen (secondary N) is 2. The number of halogens is 3. The van der Waals surface area contributed by atoms with Gasteiger partial charge in [0.05, 0.1) is 21.8 Å². The largest absolute Gasteiger partial charge is 0.323 e. The summed E-state index contributed by atoms with van der Waals surface area (Å²) in [7, 11) is 0. The molecule has 0 spiro atoms. The van der Waals surface area contributed by atoms with Gasteiger partial charge in [-0.05, 0) is 53.2 Å². The highest BCUT2D eigenvalue weighted by atomic mass is 79.9. The van der Waals surface area contributed by atoms with Gasteiger partial charge in [0.2, 0.25) is 5.91 Å². The number of hydrogen-bond donors (Lipinski definition) is 2. The van der Waals surface area contributed by atoms with Crippen molar-refractivity contribution < 1.29 is 4.79 Å². The fourth-order valence-electron chi connectivity index (χ4n) is 3.36. The topological polar surface area (TPSA) is 41.1 Å². The van der Waals surface area contributed by atoms with Crippen molar-refractivity contribution in [2.24, 2.45) is 5.92 Å². The van der Waals surface area contributed by atoms with Crippen LogP contribution in [0.15, 0.2) is 16.6 Å². The zero-order valence-corrected chi connectivity index (χ0v) is 14.6. The summed E-state index contributed by atoms with van der Waals surface area (Å²) in [6, 6.07) is 3.92. The second-order valence-corrected chi connectivity index (χ2v) is 7.43. The predicted molar refractivity (Wildman–Crippen MR) is 90.1 cm³/mol. The summed E-state index contributed by atoms with van der Waals surface area (Å²) in [6.07, 6.45) is 5.87. The molecule has 21 heavy (non-hydrogen) atoms. The minimum atomic E-state index is -0.128. The standard InChI is InChI=1S/C15H17BrCl2N2O/c16-9-5-6-11(14(18)13(9)17)20-15(21)12-7-8-3-1-2-4-10(8)19-12/h5-6,8,10,12,19H,1-4,7H2,(H,20,21). The van der Waals surface area contributed by atoms with E-state index in [0.717, 1.165) is 10.9 Å². The molecule has 2 fully saturated rings. The normalized spacial score (nSPS) is 28.2. The first-order chi connectivity index (χ1) is 10.1. The first-order valence-electron chi connectivity index (χ1n) is 7.26. The third-order valence-corrected chi connectivity index (χ3v) is 6.24. The van der Waals surface area contributed by atoms with Crippen molar-refractivity contribution in [2.45, 2.75) is 44.2 Å². The highest BCUT2D eigenvalue weighted by molar-refractivity contribution is 9.10. The average Bonchev–Trinajstić information content (AvgIpc) is 2.92. The second-order valence-electron chi connectivity index (χ2n) is 5.82. The minimum absolute atomic E-state index is 0.0234. The highest BCUT2D eigenvalue weighted by Crippen LogP contribution is 2.37. The Balaban J connectivity index is 1.68. The minimum Gasteiger partial charge on any atom is -0.323 e. The van der Waals surface area contributed by atoms with Gasteiger partial charge in [-0.3, -0.25) is 4.79 Å². The van der Waals surface area contributed by atoms with E-state index in [1.165, 1.54) is 25.7 Å². The van der Waals surface area contributed by atoms with Crippen LogP contribution < -0.4 is 10.6 Å². The van der Waals surface area contributed by atoms with Crippen molar-refractivity contribution in [2.75, 3.05) is 5.32 Å². The molecule has 0 aromatic heterocycles. The van der Waals surface area contributed by atoms with E-state index in [4.69, 9.17) is 23.2 Å². The molecule has 3 atom stereocenters. The van der Waals surface area contributed by atoms with Crippen molar-refractivity contribution in [1.29, 1.82) is 0 Å². The van der Waals surface area contributed by atoms with E-state index in [0.29, 0.717) is 27.7 Å². The molecule has 1 aromatic carbocycles. The molecular formula is C15H17BrCl2N2O. The van der Waals surface area contributed by atoms with Gasteiger partial charge in [-0.2, -0.15) is 0 Å². The van der Waals surface area contributed by atoms with Gasteiger partial charge in [0, 0.05) is 10.5 Å². The summed E-state index contributed by atoms with van der Waals surface area (Å²) < 4.78 is 0.720. The van der Waals surface area contributed by atoms with Crippen molar-refractivity contribution in [3.8, 4) is 0 Å². The lowest BCUT2D eigenvalue weighted by Gasteiger charge is -2.24. The molecule has 1 aromatic rings. The van der Waals surface area contributed by atoms with Gasteiger partial charge in [-0.1, -0.05) is 36.0 Å². The summed E-state index contributed by atoms with van der Waals surface area (Å²) in [5, 5.41) is 7.14. The summed E-state index contributed by atoms with van der Waals surface area (Å²) in [5.74, 6) is 0.614. The van der Waals surface area contributed by atoms with Crippen LogP contribution in [0.1, 0.15) is 32.1 Å². The third-order valence-electron chi connectivity index (χ3n) is 4.47. The van der Waals surface area contributed by atoms with Crippen LogP contribution in [0.25, 0.3) is 0 Å². The van der Waals surface area contributed by atoms with Gasteiger partial charge in [-0.15, -0.1) is 0 Å². The fourth-order valence-corrected chi connectivity index (χ4v) is 4.18. The van der Waals surface area contributed by atoms with Gasteiger partial charge >= 0.3 is 0 Å². The number of amides is 1. The van der Waals surface area contributed by atoms with Crippen LogP contribution in [-0.4, -0.2) is 18.0 Å². The van der Waals surface area contributed by atoms with Gasteiger partial charge in [-0.25, -0.2) is 0 Å². The van der Waals surface area contributed by atoms with Gasteiger partial charge in [0.1, 0.15) is 0 Å². The number of anilines is 1. The molecule has 3 nitrogen and oxygen atoms in total. The number of carbonyl (C=O) groups is 1. The zero-order chi connectivity index (χ0) is 15.0. The van der Waals surface area contributed by atoms with E-state index in [2.05, 4.69) is 26.6 Å². The Morgan fingerprint density at radius 3 is 2.76 bits per heavy atom. The monoisotopic (exact) mass is 390 g/mol. The van der Waals surface area contributed by atoms with Crippen LogP contribution in [0.2, 0.25) is 10.0 Å². The van der Waals surface area contributed by atoms with Crippen LogP contribution in [0.5, 0.6) is 0 Å². The molecule has 1 aliphatic carbocycles. The molecule has 2 aliphatic rings. The molecule has 3 unspecified atom stereocenters. The average molecular weight is 392 g/mol. The smallest absolute Gasteiger partial charge is 0.241 e. The summed E-state index contributed by atoms with van der Waals surface area (Å²) in [4.78, 5) is 12.4. The fraction of sp³-hybridized carbons (Fsp3) is 0.533. The number of hydrogen-bond acceptors (Lipinski definition) is 2. The molecule has 114 valence electrons. The van der Waals surface area contributed by atoms with Gasteiger partial charge < -0.3 is 10.6 Å². The Morgan fingerprint density at radius 1 is 1.24 bits per heavy atom. The van der Waals surface area contributed by atoms with Crippen molar-refractivity contribution in [3.05, 3.63) is 26.7 Å². The Morgan fingerprint density at radius 2 is 2.00 bits per heavy atom. The number of carbonyl (C=O) groups excluding carboxylic acids is 1. The third kappa shape index (κ3) is 3.24. The first-order valence-corrected chi connectivity index (χ1v) is 8.81. The van der Waals surface area contributed by atoms with Crippen LogP contribution >= 0.6 is 39.1 Å². The maximum absolute atomic E-state index is 12.4. The van der Waals surface area contributed by atoms with Crippen LogP contribution in [0, 0.1) is 5.92 Å². The molecule has 0 radical (unpaired) electrons. The summed E-state index contributed by atoms with van der Waals surface area (Å²) >= 11 is 15.6. The molecule has 6 heteroatoms. The maximum atomic E-state index is 12.4. The molecule has 1 heterocycles. The lowest BCUT2D eigenvalue weighted by atomic mass is 9.85. The van der Waals surface area contributed by atoms with Crippen LogP contribution in [-0.2, 0) is 4.79 Å². The maximum Gasteiger partial charge on any atom is 0.241 e. The lowest BCUT2D eigenvalue weighted by Crippen LogP contribution is -2.39. The van der Waals surface area contributed by atoms with Crippen LogP contribution in [0.4, 0.5) is 5.69 Å². The Labute approximate surface area is 142 Å². The van der Waals surface area contributed by atoms with Crippen molar-refractivity contribution in [3.63, 3.8) is 0 Å². The second kappa shape index (κ2) is 6.45. The molecule has 0 bridgehead atoms. The Bertz CT molecular complexity index is 553. The van der Waals surface area contributed by atoms with Crippen molar-refractivity contribution in [1.82, 2.24) is 5.32 Å². The van der Waals surface area contributed by atoms with E-state index >= 15 is 0 Å². The van der Waals surface area contributed by atoms with E-state index in [1.54, 1.807) is 12.1 Å². The SMILES string of the molecule is O=C(Nc1ccc(Br)c(Cl)c1Cl)C1CC2CCCCC2N1. The molecule has 3 rings (SSSR count). The first kappa shape index (κ1) is 15.6. The quantitative estimate of drug-likeness (QED) is 0.722. The van der Waals surface area contributed by atoms with E-state index < -0.39 is 0 Å². The van der Waals surface area contributed by atoms with Gasteiger partial charge in [0.25, 0.3) is 0 Å². The zero-order valence-electron chi connectivity index (χ0n) is 11.5. The predicted octanol–water partition coefficient (Wildman–Crippen LogP) is 4.62. The van der Waals surface area contributed by atoms with E-state index in [1.807, 2.05) is 0 Å². The number of benzene rings is 1. The van der Waals surface area contributed by atoms with Crippen molar-refractivity contribution >= 4 is 50.7 Å². The van der Waals surface area contributed by atoms with E-state index in [-0.39, 0.29) is 11.9 Å². The molecule has 2 N–H and O–H groups in total.